The maximum absolute atomic E-state index is 11.2. The van der Waals surface area contributed by atoms with Crippen LogP contribution in [0.4, 0.5) is 5.69 Å². The summed E-state index contributed by atoms with van der Waals surface area (Å²) in [6.45, 7) is 0.124. The Morgan fingerprint density at radius 3 is 2.81 bits per heavy atom. The van der Waals surface area contributed by atoms with Gasteiger partial charge in [-0.1, -0.05) is 18.2 Å². The van der Waals surface area contributed by atoms with Crippen molar-refractivity contribution in [1.29, 1.82) is 0 Å². The highest BCUT2D eigenvalue weighted by molar-refractivity contribution is 5.99. The summed E-state index contributed by atoms with van der Waals surface area (Å²) in [7, 11) is 0. The number of hydrogen-bond donors (Lipinski definition) is 3. The average Bonchev–Trinajstić information content (AvgIpc) is 2.28. The van der Waals surface area contributed by atoms with Gasteiger partial charge in [-0.15, -0.1) is 0 Å². The van der Waals surface area contributed by atoms with E-state index in [4.69, 9.17) is 10.2 Å². The molecule has 86 valence electrons. The zero-order chi connectivity index (χ0) is 11.8. The van der Waals surface area contributed by atoms with E-state index in [1.54, 1.807) is 6.07 Å². The second-order valence-corrected chi connectivity index (χ2v) is 3.29. The topological polar surface area (TPSA) is 69.6 Å². The minimum absolute atomic E-state index is 0.124. The zero-order valence-corrected chi connectivity index (χ0v) is 8.89. The number of rotatable bonds is 5. The lowest BCUT2D eigenvalue weighted by Crippen LogP contribution is -2.10. The van der Waals surface area contributed by atoms with Gasteiger partial charge in [-0.05, 0) is 24.5 Å². The van der Waals surface area contributed by atoms with Crippen LogP contribution in [-0.2, 0) is 11.2 Å². The predicted octanol–water partition coefficient (Wildman–Crippen LogP) is 1.62. The molecule has 0 heterocycles. The molecule has 0 saturated carbocycles. The maximum Gasteiger partial charge on any atom is 0.251 e. The Bertz CT molecular complexity index is 374. The molecule has 0 radical (unpaired) electrons. The van der Waals surface area contributed by atoms with Gasteiger partial charge >= 0.3 is 0 Å². The quantitative estimate of drug-likeness (QED) is 0.522. The Hall–Kier alpha value is -1.81. The van der Waals surface area contributed by atoms with Gasteiger partial charge in [0.05, 0.1) is 6.26 Å². The summed E-state index contributed by atoms with van der Waals surface area (Å²) in [6, 6.07) is 7.38. The van der Waals surface area contributed by atoms with Crippen molar-refractivity contribution in [3.05, 3.63) is 42.2 Å². The van der Waals surface area contributed by atoms with Crippen molar-refractivity contribution in [2.45, 2.75) is 12.8 Å². The highest BCUT2D eigenvalue weighted by atomic mass is 16.3. The molecule has 4 nitrogen and oxygen atoms in total. The lowest BCUT2D eigenvalue weighted by atomic mass is 10.1. The molecule has 0 bridgehead atoms. The molecule has 0 saturated heterocycles. The number of anilines is 1. The minimum Gasteiger partial charge on any atom is -0.515 e. The van der Waals surface area contributed by atoms with Crippen LogP contribution < -0.4 is 5.32 Å². The Morgan fingerprint density at radius 1 is 1.38 bits per heavy atom. The second kappa shape index (κ2) is 6.63. The van der Waals surface area contributed by atoms with E-state index in [2.05, 4.69) is 5.32 Å². The van der Waals surface area contributed by atoms with Gasteiger partial charge in [0, 0.05) is 18.4 Å². The van der Waals surface area contributed by atoms with Gasteiger partial charge in [0.25, 0.3) is 5.91 Å². The van der Waals surface area contributed by atoms with Crippen LogP contribution in [0.15, 0.2) is 36.6 Å². The summed E-state index contributed by atoms with van der Waals surface area (Å²) in [5, 5.41) is 19.9. The zero-order valence-electron chi connectivity index (χ0n) is 8.89. The van der Waals surface area contributed by atoms with Crippen molar-refractivity contribution >= 4 is 11.6 Å². The molecule has 0 aliphatic heterocycles. The van der Waals surface area contributed by atoms with Gasteiger partial charge in [-0.3, -0.25) is 4.79 Å². The van der Waals surface area contributed by atoms with Crippen LogP contribution in [0.3, 0.4) is 0 Å². The summed E-state index contributed by atoms with van der Waals surface area (Å²) in [4.78, 5) is 11.2. The van der Waals surface area contributed by atoms with E-state index in [-0.39, 0.29) is 12.5 Å². The van der Waals surface area contributed by atoms with Crippen LogP contribution in [0.1, 0.15) is 12.0 Å². The van der Waals surface area contributed by atoms with E-state index in [0.717, 1.165) is 11.6 Å². The highest BCUT2D eigenvalue weighted by Crippen LogP contribution is 2.16. The Kier molecular flexibility index (Phi) is 5.08. The molecule has 0 spiro atoms. The Balaban J connectivity index is 2.74. The molecule has 0 aliphatic carbocycles. The van der Waals surface area contributed by atoms with E-state index in [0.29, 0.717) is 24.8 Å². The van der Waals surface area contributed by atoms with Crippen LogP contribution in [0, 0.1) is 0 Å². The fraction of sp³-hybridized carbons (Fsp3) is 0.250. The van der Waals surface area contributed by atoms with Crippen LogP contribution in [-0.4, -0.2) is 22.7 Å². The second-order valence-electron chi connectivity index (χ2n) is 3.29. The number of carbonyl (C=O) groups excluding carboxylic acids is 1. The van der Waals surface area contributed by atoms with Gasteiger partial charge in [0.2, 0.25) is 0 Å². The van der Waals surface area contributed by atoms with E-state index < -0.39 is 0 Å². The van der Waals surface area contributed by atoms with Gasteiger partial charge in [-0.25, -0.2) is 0 Å². The molecule has 0 fully saturated rings. The maximum atomic E-state index is 11.2. The summed E-state index contributed by atoms with van der Waals surface area (Å²) in [5.41, 5.74) is 1.68. The molecular formula is C12H15NO3. The number of aliphatic hydroxyl groups is 2. The molecule has 1 aromatic carbocycles. The molecule has 4 heteroatoms. The predicted molar refractivity (Wildman–Crippen MR) is 62.2 cm³/mol. The van der Waals surface area contributed by atoms with Gasteiger partial charge in [0.15, 0.2) is 0 Å². The molecule has 16 heavy (non-hydrogen) atoms. The Morgan fingerprint density at radius 2 is 2.12 bits per heavy atom. The summed E-state index contributed by atoms with van der Waals surface area (Å²) in [5.74, 6) is -0.376. The van der Waals surface area contributed by atoms with Crippen LogP contribution >= 0.6 is 0 Å². The van der Waals surface area contributed by atoms with Gasteiger partial charge < -0.3 is 15.5 Å². The summed E-state index contributed by atoms with van der Waals surface area (Å²) < 4.78 is 0. The lowest BCUT2D eigenvalue weighted by Gasteiger charge is -2.08. The molecule has 0 aromatic heterocycles. The minimum atomic E-state index is -0.376. The Labute approximate surface area is 94.2 Å². The van der Waals surface area contributed by atoms with Gasteiger partial charge in [-0.2, -0.15) is 0 Å². The first kappa shape index (κ1) is 12.3. The monoisotopic (exact) mass is 221 g/mol. The first-order valence-electron chi connectivity index (χ1n) is 5.08. The third-order valence-corrected chi connectivity index (χ3v) is 2.11. The number of carbonyl (C=O) groups is 1. The first-order valence-corrected chi connectivity index (χ1v) is 5.08. The van der Waals surface area contributed by atoms with Crippen molar-refractivity contribution < 1.29 is 15.0 Å². The van der Waals surface area contributed by atoms with Crippen LogP contribution in [0.2, 0.25) is 0 Å². The first-order chi connectivity index (χ1) is 7.77. The molecule has 3 N–H and O–H groups in total. The van der Waals surface area contributed by atoms with Crippen LogP contribution in [0.5, 0.6) is 0 Å². The molecule has 0 aliphatic rings. The van der Waals surface area contributed by atoms with Crippen LogP contribution in [0.25, 0.3) is 0 Å². The number of para-hydroxylation sites is 1. The number of benzene rings is 1. The van der Waals surface area contributed by atoms with E-state index in [1.807, 2.05) is 18.2 Å². The largest absolute Gasteiger partial charge is 0.515 e. The molecular weight excluding hydrogens is 206 g/mol. The fourth-order valence-electron chi connectivity index (χ4n) is 1.37. The normalized spacial score (nSPS) is 10.6. The number of amides is 1. The number of nitrogens with one attached hydrogen (secondary N) is 1. The molecule has 1 amide bonds. The molecule has 1 aromatic rings. The molecule has 0 unspecified atom stereocenters. The number of aryl methyl sites for hydroxylation is 1. The summed E-state index contributed by atoms with van der Waals surface area (Å²) in [6.07, 6.45) is 3.10. The number of hydrogen-bond acceptors (Lipinski definition) is 3. The molecule has 0 atom stereocenters. The van der Waals surface area contributed by atoms with Crippen molar-refractivity contribution in [2.24, 2.45) is 0 Å². The fourth-order valence-corrected chi connectivity index (χ4v) is 1.37. The highest BCUT2D eigenvalue weighted by Gasteiger charge is 2.03. The summed E-state index contributed by atoms with van der Waals surface area (Å²) >= 11 is 0. The van der Waals surface area contributed by atoms with Crippen molar-refractivity contribution in [2.75, 3.05) is 11.9 Å². The third kappa shape index (κ3) is 3.74. The van der Waals surface area contributed by atoms with E-state index in [9.17, 15) is 4.79 Å². The van der Waals surface area contributed by atoms with E-state index in [1.165, 1.54) is 0 Å². The average molecular weight is 221 g/mol. The van der Waals surface area contributed by atoms with Crippen molar-refractivity contribution in [3.63, 3.8) is 0 Å². The van der Waals surface area contributed by atoms with Crippen molar-refractivity contribution in [1.82, 2.24) is 0 Å². The molecule has 1 rings (SSSR count). The van der Waals surface area contributed by atoms with Crippen molar-refractivity contribution in [3.8, 4) is 0 Å². The standard InChI is InChI=1S/C12H15NO3/c14-8-3-5-10-4-1-2-6-11(10)13-12(16)7-9-15/h1-2,4,6-7,9,14-15H,3,5,8H2,(H,13,16). The smallest absolute Gasteiger partial charge is 0.251 e. The third-order valence-electron chi connectivity index (χ3n) is 2.11. The van der Waals surface area contributed by atoms with Gasteiger partial charge in [0.1, 0.15) is 0 Å². The lowest BCUT2D eigenvalue weighted by molar-refractivity contribution is -0.112. The number of aliphatic hydroxyl groups excluding tert-OH is 2. The van der Waals surface area contributed by atoms with E-state index >= 15 is 0 Å². The SMILES string of the molecule is O=C(C=CO)Nc1ccccc1CCCO.